The van der Waals surface area contributed by atoms with Gasteiger partial charge >= 0.3 is 5.97 Å². The van der Waals surface area contributed by atoms with Crippen LogP contribution >= 0.6 is 23.6 Å². The topological polar surface area (TPSA) is 209 Å². The number of Topliss-reactive ketones (excluding diaryl/α,β-unsaturated/α-hetero) is 1. The zero-order chi connectivity index (χ0) is 39.2. The number of esters is 1. The number of ether oxygens (including phenoxy) is 2. The summed E-state index contributed by atoms with van der Waals surface area (Å²) in [5, 5.41) is 9.75. The minimum Gasteiger partial charge on any atom is -0.489 e. The number of nitrogens with one attached hydrogen (secondary N) is 2. The number of H-pyrrole nitrogens is 1. The Kier molecular flexibility index (Phi) is 14.9. The molecule has 15 heteroatoms. The lowest BCUT2D eigenvalue weighted by molar-refractivity contribution is -0.123. The highest BCUT2D eigenvalue weighted by atomic mass is 32.1. The van der Waals surface area contributed by atoms with Gasteiger partial charge in [0.15, 0.2) is 9.74 Å². The van der Waals surface area contributed by atoms with Crippen molar-refractivity contribution in [2.75, 3.05) is 18.0 Å². The van der Waals surface area contributed by atoms with Crippen LogP contribution in [0.1, 0.15) is 56.7 Å². The van der Waals surface area contributed by atoms with Crippen molar-refractivity contribution >= 4 is 57.9 Å². The van der Waals surface area contributed by atoms with Gasteiger partial charge in [0.25, 0.3) is 0 Å². The number of amides is 2. The van der Waals surface area contributed by atoms with Crippen molar-refractivity contribution in [1.82, 2.24) is 15.5 Å². The third kappa shape index (κ3) is 11.2. The van der Waals surface area contributed by atoms with Crippen LogP contribution in [0.5, 0.6) is 5.75 Å². The largest absolute Gasteiger partial charge is 0.489 e. The van der Waals surface area contributed by atoms with Gasteiger partial charge in [0, 0.05) is 6.42 Å². The summed E-state index contributed by atoms with van der Waals surface area (Å²) in [5.74, 6) is -2.10. The van der Waals surface area contributed by atoms with Crippen LogP contribution in [0.25, 0.3) is 0 Å². The zero-order valence-electron chi connectivity index (χ0n) is 30.0. The zero-order valence-corrected chi connectivity index (χ0v) is 31.7. The van der Waals surface area contributed by atoms with Gasteiger partial charge in [-0.2, -0.15) is 0 Å². The number of unbranched alkanes of at least 4 members (excludes halogenated alkanes) is 1. The summed E-state index contributed by atoms with van der Waals surface area (Å²) in [7, 11) is 0. The van der Waals surface area contributed by atoms with Crippen molar-refractivity contribution in [3.8, 4) is 5.75 Å². The van der Waals surface area contributed by atoms with Crippen molar-refractivity contribution in [2.24, 2.45) is 17.2 Å². The van der Waals surface area contributed by atoms with Crippen LogP contribution in [0.4, 0.5) is 10.8 Å². The van der Waals surface area contributed by atoms with E-state index in [9.17, 15) is 14.4 Å². The second-order valence-electron chi connectivity index (χ2n) is 12.5. The van der Waals surface area contributed by atoms with E-state index in [1.54, 1.807) is 36.4 Å². The van der Waals surface area contributed by atoms with Crippen molar-refractivity contribution in [3.05, 3.63) is 135 Å². The number of carbonyl (C=O) groups is 4. The number of carbonyl (C=O) groups excluding carboxylic acids is 4. The summed E-state index contributed by atoms with van der Waals surface area (Å²) < 4.78 is 11.9. The Morgan fingerprint density at radius 1 is 0.836 bits per heavy atom. The van der Waals surface area contributed by atoms with E-state index in [1.807, 2.05) is 48.5 Å². The van der Waals surface area contributed by atoms with Gasteiger partial charge in [0.1, 0.15) is 19.0 Å². The maximum absolute atomic E-state index is 15.0. The van der Waals surface area contributed by atoms with Crippen molar-refractivity contribution in [1.29, 1.82) is 0 Å². The fourth-order valence-electron chi connectivity index (χ4n) is 5.71. The molecule has 0 bridgehead atoms. The second-order valence-corrected chi connectivity index (χ2v) is 14.2. The summed E-state index contributed by atoms with van der Waals surface area (Å²) >= 11 is 6.23. The lowest BCUT2D eigenvalue weighted by Gasteiger charge is -2.26. The molecule has 0 aliphatic heterocycles. The van der Waals surface area contributed by atoms with Gasteiger partial charge in [-0.25, -0.2) is 4.79 Å². The number of benzene rings is 4. The molecule has 5 rings (SSSR count). The molecule has 0 radical (unpaired) electrons. The lowest BCUT2D eigenvalue weighted by atomic mass is 9.92. The molecule has 286 valence electrons. The van der Waals surface area contributed by atoms with E-state index in [-0.39, 0.29) is 38.9 Å². The Morgan fingerprint density at radius 3 is 2.13 bits per heavy atom. The quantitative estimate of drug-likeness (QED) is 0.0321. The van der Waals surface area contributed by atoms with E-state index in [0.29, 0.717) is 43.7 Å². The number of anilines is 2. The Balaban J connectivity index is 1.54. The van der Waals surface area contributed by atoms with E-state index in [4.69, 9.17) is 38.9 Å². The molecular formula is C40H43N7O6S2. The molecule has 1 heterocycles. The predicted molar refractivity (Wildman–Crippen MR) is 214 cm³/mol. The number of aromatic amines is 1. The third-order valence-electron chi connectivity index (χ3n) is 8.56. The first kappa shape index (κ1) is 40.6. The fraction of sp³-hybridized carbons (Fsp3) is 0.250. The minimum atomic E-state index is -1.25. The summed E-state index contributed by atoms with van der Waals surface area (Å²) in [6, 6.07) is 28.1. The predicted octanol–water partition coefficient (Wildman–Crippen LogP) is 5.13. The molecule has 0 saturated heterocycles. The number of nitrogens with zero attached hydrogens (tertiary/aromatic N) is 2. The van der Waals surface area contributed by atoms with Crippen molar-refractivity contribution < 1.29 is 28.7 Å². The number of nitrogens with two attached hydrogens (primary N) is 3. The van der Waals surface area contributed by atoms with Gasteiger partial charge in [-0.3, -0.25) is 24.4 Å². The Bertz CT molecular complexity index is 2110. The molecule has 0 fully saturated rings. The van der Waals surface area contributed by atoms with Crippen molar-refractivity contribution in [3.63, 3.8) is 0 Å². The lowest BCUT2D eigenvalue weighted by Crippen LogP contribution is -2.50. The summed E-state index contributed by atoms with van der Waals surface area (Å²) in [4.78, 5) is 57.2. The molecule has 1 aromatic heterocycles. The third-order valence-corrected chi connectivity index (χ3v) is 9.63. The van der Waals surface area contributed by atoms with Crippen LogP contribution < -0.4 is 32.2 Å². The Labute approximate surface area is 327 Å². The van der Waals surface area contributed by atoms with E-state index >= 15 is 4.79 Å². The smallest absolute Gasteiger partial charge is 0.339 e. The molecule has 4 aromatic carbocycles. The van der Waals surface area contributed by atoms with E-state index in [0.717, 1.165) is 27.4 Å². The highest BCUT2D eigenvalue weighted by molar-refractivity contribution is 7.73. The number of rotatable bonds is 19. The molecule has 13 nitrogen and oxygen atoms in total. The highest BCUT2D eigenvalue weighted by Crippen LogP contribution is 2.34. The maximum atomic E-state index is 15.0. The van der Waals surface area contributed by atoms with Crippen LogP contribution in [0.3, 0.4) is 0 Å². The monoisotopic (exact) mass is 781 g/mol. The van der Waals surface area contributed by atoms with Crippen molar-refractivity contribution in [2.45, 2.75) is 51.0 Å². The standard InChI is InChI=1S/C40H43N7O6S2/c41-21-8-7-15-31(43)37(50)44-32(22-26-17-19-29(20-18-26)52-24-27-10-3-1-4-11-27)36(49)35-30(38(51)53-25-28-12-5-2-6-13-28)14-9-16-33(35)47(34(48)23-42)39-45-46-40(54)55-39/h1-6,9-14,16-20,31-32H,7-8,15,21-25,41-43H2,(H,44,50)(H,46,54)/t31-,32-/m0/s1. The summed E-state index contributed by atoms with van der Waals surface area (Å²) in [6.45, 7) is 0.267. The van der Waals surface area contributed by atoms with Gasteiger partial charge in [0.05, 0.1) is 35.4 Å². The summed E-state index contributed by atoms with van der Waals surface area (Å²) in [5.41, 5.74) is 19.9. The van der Waals surface area contributed by atoms with Crippen LogP contribution in [0, 0.1) is 3.95 Å². The number of aromatic nitrogens is 2. The summed E-state index contributed by atoms with van der Waals surface area (Å²) in [6.07, 6.45) is 1.63. The maximum Gasteiger partial charge on any atom is 0.339 e. The van der Waals surface area contributed by atoms with E-state index in [2.05, 4.69) is 15.5 Å². The van der Waals surface area contributed by atoms with Crippen LogP contribution in [0.15, 0.2) is 103 Å². The Morgan fingerprint density at radius 2 is 1.51 bits per heavy atom. The molecule has 2 atom stereocenters. The molecule has 0 unspecified atom stereocenters. The average Bonchev–Trinajstić information content (AvgIpc) is 3.64. The van der Waals surface area contributed by atoms with Gasteiger partial charge in [0.2, 0.25) is 16.9 Å². The SMILES string of the molecule is NCCCC[C@H](N)C(=O)N[C@@H](Cc1ccc(OCc2ccccc2)cc1)C(=O)c1c(C(=O)OCc2ccccc2)cccc1N(C(=O)CN)c1n[nH]c(=S)s1. The van der Waals surface area contributed by atoms with Gasteiger partial charge in [-0.15, -0.1) is 5.10 Å². The highest BCUT2D eigenvalue weighted by Gasteiger charge is 2.34. The number of ketones is 1. The first-order valence-corrected chi connectivity index (χ1v) is 18.9. The first-order chi connectivity index (χ1) is 26.7. The van der Waals surface area contributed by atoms with Crippen LogP contribution in [-0.2, 0) is 34.0 Å². The Hall–Kier alpha value is -5.58. The van der Waals surface area contributed by atoms with Gasteiger partial charge in [-0.05, 0) is 72.6 Å². The molecule has 8 N–H and O–H groups in total. The second kappa shape index (κ2) is 20.2. The molecular weight excluding hydrogens is 739 g/mol. The molecule has 0 aliphatic carbocycles. The molecule has 0 aliphatic rings. The van der Waals surface area contributed by atoms with E-state index in [1.165, 1.54) is 18.2 Å². The molecule has 0 spiro atoms. The molecule has 2 amide bonds. The number of hydrogen-bond acceptors (Lipinski definition) is 12. The van der Waals surface area contributed by atoms with Crippen LogP contribution in [0.2, 0.25) is 0 Å². The normalized spacial score (nSPS) is 12.0. The van der Waals surface area contributed by atoms with E-state index < -0.39 is 42.2 Å². The van der Waals surface area contributed by atoms with Gasteiger partial charge < -0.3 is 32.0 Å². The first-order valence-electron chi connectivity index (χ1n) is 17.7. The van der Waals surface area contributed by atoms with Crippen LogP contribution in [-0.4, -0.2) is 58.9 Å². The minimum absolute atomic E-state index is 0.00192. The average molecular weight is 782 g/mol. The molecule has 0 saturated carbocycles. The fourth-order valence-corrected chi connectivity index (χ4v) is 6.62. The molecule has 5 aromatic rings. The van der Waals surface area contributed by atoms with Gasteiger partial charge in [-0.1, -0.05) is 96.6 Å². The number of hydrogen-bond donors (Lipinski definition) is 5. The molecule has 55 heavy (non-hydrogen) atoms.